The Balaban J connectivity index is 2.05. The predicted molar refractivity (Wildman–Crippen MR) is 72.9 cm³/mol. The molecule has 5 nitrogen and oxygen atoms in total. The second-order valence-corrected chi connectivity index (χ2v) is 5.36. The fourth-order valence-electron chi connectivity index (χ4n) is 1.72. The quantitative estimate of drug-likeness (QED) is 0.860. The molecule has 1 amide bonds. The monoisotopic (exact) mass is 310 g/mol. The highest BCUT2D eigenvalue weighted by Gasteiger charge is 2.13. The van der Waals surface area contributed by atoms with Crippen molar-refractivity contribution in [1.29, 1.82) is 0 Å². The van der Waals surface area contributed by atoms with Crippen LogP contribution in [0.3, 0.4) is 0 Å². The molecule has 0 aliphatic rings. The molecule has 2 aromatic rings. The lowest BCUT2D eigenvalue weighted by Crippen LogP contribution is -2.29. The van der Waals surface area contributed by atoms with Gasteiger partial charge in [0.05, 0.1) is 23.5 Å². The summed E-state index contributed by atoms with van der Waals surface area (Å²) in [4.78, 5) is 16.3. The van der Waals surface area contributed by atoms with Gasteiger partial charge in [0.2, 0.25) is 0 Å². The van der Waals surface area contributed by atoms with Crippen molar-refractivity contribution in [2.24, 2.45) is 0 Å². The Kier molecular flexibility index (Phi) is 4.30. The number of amides is 1. The summed E-state index contributed by atoms with van der Waals surface area (Å²) in [6, 6.07) is 0. The lowest BCUT2D eigenvalue weighted by atomic mass is 10.2. The maximum Gasteiger partial charge on any atom is 0.255 e. The number of halogens is 1. The minimum absolute atomic E-state index is 0.112. The van der Waals surface area contributed by atoms with E-state index < -0.39 is 0 Å². The molecule has 96 valence electrons. The van der Waals surface area contributed by atoms with E-state index in [1.165, 1.54) is 0 Å². The van der Waals surface area contributed by atoms with Crippen molar-refractivity contribution < 1.29 is 4.79 Å². The van der Waals surface area contributed by atoms with Gasteiger partial charge in [-0.25, -0.2) is 4.52 Å². The molecule has 0 bridgehead atoms. The number of rotatable bonds is 5. The van der Waals surface area contributed by atoms with E-state index in [9.17, 15) is 4.79 Å². The van der Waals surface area contributed by atoms with E-state index in [4.69, 9.17) is 0 Å². The number of carbonyl (C=O) groups is 1. The summed E-state index contributed by atoms with van der Waals surface area (Å²) in [6.45, 7) is 2.73. The SMILES string of the molecule is CCCC(Br)CNC(=O)c1cnn2ccncc12. The van der Waals surface area contributed by atoms with E-state index in [-0.39, 0.29) is 5.91 Å². The third kappa shape index (κ3) is 2.87. The van der Waals surface area contributed by atoms with Crippen LogP contribution in [0.2, 0.25) is 0 Å². The Morgan fingerprint density at radius 3 is 3.17 bits per heavy atom. The van der Waals surface area contributed by atoms with Gasteiger partial charge in [0.25, 0.3) is 5.91 Å². The molecule has 1 N–H and O–H groups in total. The fourth-order valence-corrected chi connectivity index (χ4v) is 2.34. The minimum Gasteiger partial charge on any atom is -0.351 e. The second kappa shape index (κ2) is 5.95. The zero-order valence-electron chi connectivity index (χ0n) is 10.1. The van der Waals surface area contributed by atoms with Crippen LogP contribution >= 0.6 is 15.9 Å². The maximum atomic E-state index is 12.0. The first-order valence-corrected chi connectivity index (χ1v) is 6.83. The molecular formula is C12H15BrN4O. The van der Waals surface area contributed by atoms with Crippen molar-refractivity contribution >= 4 is 27.4 Å². The molecular weight excluding hydrogens is 296 g/mol. The number of alkyl halides is 1. The summed E-state index contributed by atoms with van der Waals surface area (Å²) in [5, 5.41) is 7.00. The predicted octanol–water partition coefficient (Wildman–Crippen LogP) is 2.02. The first-order valence-electron chi connectivity index (χ1n) is 5.92. The molecule has 0 saturated heterocycles. The van der Waals surface area contributed by atoms with Gasteiger partial charge in [-0.3, -0.25) is 9.78 Å². The van der Waals surface area contributed by atoms with Crippen LogP contribution in [0.5, 0.6) is 0 Å². The Hall–Kier alpha value is -1.43. The number of fused-ring (bicyclic) bond motifs is 1. The van der Waals surface area contributed by atoms with Crippen molar-refractivity contribution in [2.75, 3.05) is 6.54 Å². The average Bonchev–Trinajstić information content (AvgIpc) is 2.80. The van der Waals surface area contributed by atoms with Crippen LogP contribution in [-0.2, 0) is 0 Å². The highest BCUT2D eigenvalue weighted by molar-refractivity contribution is 9.09. The summed E-state index contributed by atoms with van der Waals surface area (Å²) in [6.07, 6.45) is 8.69. The van der Waals surface area contributed by atoms with Crippen molar-refractivity contribution in [3.8, 4) is 0 Å². The van der Waals surface area contributed by atoms with Gasteiger partial charge in [-0.2, -0.15) is 5.10 Å². The number of hydrogen-bond donors (Lipinski definition) is 1. The third-order valence-corrected chi connectivity index (χ3v) is 3.44. The molecule has 6 heteroatoms. The highest BCUT2D eigenvalue weighted by Crippen LogP contribution is 2.10. The second-order valence-electron chi connectivity index (χ2n) is 4.06. The van der Waals surface area contributed by atoms with E-state index in [1.54, 1.807) is 29.3 Å². The molecule has 0 saturated carbocycles. The summed E-state index contributed by atoms with van der Waals surface area (Å²) >= 11 is 3.53. The fraction of sp³-hybridized carbons (Fsp3) is 0.417. The number of nitrogens with one attached hydrogen (secondary N) is 1. The summed E-state index contributed by atoms with van der Waals surface area (Å²) in [5.74, 6) is -0.112. The van der Waals surface area contributed by atoms with Crippen LogP contribution in [-0.4, -0.2) is 31.9 Å². The Morgan fingerprint density at radius 1 is 1.56 bits per heavy atom. The van der Waals surface area contributed by atoms with Crippen LogP contribution < -0.4 is 5.32 Å². The van der Waals surface area contributed by atoms with E-state index in [0.717, 1.165) is 18.4 Å². The van der Waals surface area contributed by atoms with Crippen LogP contribution in [0, 0.1) is 0 Å². The van der Waals surface area contributed by atoms with Crippen LogP contribution in [0.4, 0.5) is 0 Å². The molecule has 0 spiro atoms. The Morgan fingerprint density at radius 2 is 2.39 bits per heavy atom. The van der Waals surface area contributed by atoms with Crippen molar-refractivity contribution in [2.45, 2.75) is 24.6 Å². The zero-order valence-corrected chi connectivity index (χ0v) is 11.7. The van der Waals surface area contributed by atoms with Crippen LogP contribution in [0.25, 0.3) is 5.52 Å². The van der Waals surface area contributed by atoms with E-state index in [0.29, 0.717) is 16.9 Å². The lowest BCUT2D eigenvalue weighted by Gasteiger charge is -2.09. The molecule has 1 atom stereocenters. The molecule has 2 heterocycles. The summed E-state index contributed by atoms with van der Waals surface area (Å²) in [7, 11) is 0. The van der Waals surface area contributed by atoms with Crippen LogP contribution in [0.1, 0.15) is 30.1 Å². The largest absolute Gasteiger partial charge is 0.351 e. The molecule has 0 aromatic carbocycles. The minimum atomic E-state index is -0.112. The van der Waals surface area contributed by atoms with E-state index in [1.807, 2.05) is 0 Å². The van der Waals surface area contributed by atoms with Gasteiger partial charge < -0.3 is 5.32 Å². The zero-order chi connectivity index (χ0) is 13.0. The highest BCUT2D eigenvalue weighted by atomic mass is 79.9. The standard InChI is InChI=1S/C12H15BrN4O/c1-2-3-9(13)6-15-12(18)10-7-16-17-5-4-14-8-11(10)17/h4-5,7-9H,2-3,6H2,1H3,(H,15,18). The van der Waals surface area contributed by atoms with Crippen LogP contribution in [0.15, 0.2) is 24.8 Å². The van der Waals surface area contributed by atoms with Gasteiger partial charge in [-0.05, 0) is 6.42 Å². The molecule has 2 rings (SSSR count). The number of nitrogens with zero attached hydrogens (tertiary/aromatic N) is 3. The van der Waals surface area contributed by atoms with Gasteiger partial charge in [0, 0.05) is 23.8 Å². The van der Waals surface area contributed by atoms with Gasteiger partial charge in [0.1, 0.15) is 0 Å². The number of hydrogen-bond acceptors (Lipinski definition) is 3. The lowest BCUT2D eigenvalue weighted by molar-refractivity contribution is 0.0955. The van der Waals surface area contributed by atoms with E-state index in [2.05, 4.69) is 38.3 Å². The summed E-state index contributed by atoms with van der Waals surface area (Å²) < 4.78 is 1.64. The normalized spacial score (nSPS) is 12.6. The smallest absolute Gasteiger partial charge is 0.255 e. The number of carbonyl (C=O) groups excluding carboxylic acids is 1. The van der Waals surface area contributed by atoms with Gasteiger partial charge in [-0.15, -0.1) is 0 Å². The van der Waals surface area contributed by atoms with Gasteiger partial charge >= 0.3 is 0 Å². The summed E-state index contributed by atoms with van der Waals surface area (Å²) in [5.41, 5.74) is 1.27. The number of aromatic nitrogens is 3. The average molecular weight is 311 g/mol. The first kappa shape index (κ1) is 13.0. The van der Waals surface area contributed by atoms with Gasteiger partial charge in [0.15, 0.2) is 0 Å². The Labute approximate surface area is 114 Å². The molecule has 1 unspecified atom stereocenters. The van der Waals surface area contributed by atoms with Crippen molar-refractivity contribution in [3.63, 3.8) is 0 Å². The molecule has 0 aliphatic heterocycles. The molecule has 0 radical (unpaired) electrons. The van der Waals surface area contributed by atoms with Crippen molar-refractivity contribution in [1.82, 2.24) is 19.9 Å². The topological polar surface area (TPSA) is 59.3 Å². The third-order valence-electron chi connectivity index (χ3n) is 2.66. The molecule has 0 fully saturated rings. The van der Waals surface area contributed by atoms with Gasteiger partial charge in [-0.1, -0.05) is 29.3 Å². The molecule has 18 heavy (non-hydrogen) atoms. The molecule has 0 aliphatic carbocycles. The Bertz CT molecular complexity index is 540. The van der Waals surface area contributed by atoms with E-state index >= 15 is 0 Å². The first-order chi connectivity index (χ1) is 8.72. The maximum absolute atomic E-state index is 12.0. The molecule has 2 aromatic heterocycles. The van der Waals surface area contributed by atoms with Crippen molar-refractivity contribution in [3.05, 3.63) is 30.4 Å².